The lowest BCUT2D eigenvalue weighted by atomic mass is 10.0. The van der Waals surface area contributed by atoms with Crippen LogP contribution < -0.4 is 5.32 Å². The standard InChI is InChI=1S/C14H19F3N2/c1-11(9-14(15,16)17)19-8-7-18-13(10-19)12-5-3-2-4-6-12/h2-6,11,13,18H,7-10H2,1H3. The molecule has 0 amide bonds. The molecule has 1 heterocycles. The molecule has 0 aromatic heterocycles. The van der Waals surface area contributed by atoms with Gasteiger partial charge >= 0.3 is 6.18 Å². The zero-order chi connectivity index (χ0) is 13.9. The van der Waals surface area contributed by atoms with Gasteiger partial charge in [-0.1, -0.05) is 30.3 Å². The minimum atomic E-state index is -4.09. The lowest BCUT2D eigenvalue weighted by molar-refractivity contribution is -0.147. The third-order valence-electron chi connectivity index (χ3n) is 3.56. The second kappa shape index (κ2) is 5.92. The Balaban J connectivity index is 1.97. The van der Waals surface area contributed by atoms with Crippen LogP contribution in [-0.4, -0.2) is 36.8 Å². The average Bonchev–Trinajstić information content (AvgIpc) is 2.38. The van der Waals surface area contributed by atoms with E-state index < -0.39 is 18.6 Å². The van der Waals surface area contributed by atoms with Crippen molar-refractivity contribution in [1.82, 2.24) is 10.2 Å². The third kappa shape index (κ3) is 4.21. The summed E-state index contributed by atoms with van der Waals surface area (Å²) in [5, 5.41) is 3.36. The molecular formula is C14H19F3N2. The molecule has 2 rings (SSSR count). The minimum Gasteiger partial charge on any atom is -0.308 e. The highest BCUT2D eigenvalue weighted by Crippen LogP contribution is 2.26. The van der Waals surface area contributed by atoms with Gasteiger partial charge in [-0.15, -0.1) is 0 Å². The summed E-state index contributed by atoms with van der Waals surface area (Å²) >= 11 is 0. The number of rotatable bonds is 3. The lowest BCUT2D eigenvalue weighted by Gasteiger charge is -2.38. The molecule has 19 heavy (non-hydrogen) atoms. The van der Waals surface area contributed by atoms with Gasteiger partial charge in [-0.3, -0.25) is 4.90 Å². The van der Waals surface area contributed by atoms with Crippen LogP contribution >= 0.6 is 0 Å². The predicted molar refractivity (Wildman–Crippen MR) is 68.9 cm³/mol. The Morgan fingerprint density at radius 1 is 1.32 bits per heavy atom. The van der Waals surface area contributed by atoms with Gasteiger partial charge in [-0.05, 0) is 12.5 Å². The number of nitrogens with one attached hydrogen (secondary N) is 1. The molecule has 1 aliphatic heterocycles. The van der Waals surface area contributed by atoms with Gasteiger partial charge in [0.05, 0.1) is 6.42 Å². The number of piperazine rings is 1. The fraction of sp³-hybridized carbons (Fsp3) is 0.571. The molecule has 2 unspecified atom stereocenters. The molecule has 2 atom stereocenters. The molecule has 0 spiro atoms. The molecule has 0 radical (unpaired) electrons. The molecule has 0 bridgehead atoms. The van der Waals surface area contributed by atoms with Crippen LogP contribution in [0.5, 0.6) is 0 Å². The molecule has 5 heteroatoms. The third-order valence-corrected chi connectivity index (χ3v) is 3.56. The van der Waals surface area contributed by atoms with Gasteiger partial charge in [-0.25, -0.2) is 0 Å². The van der Waals surface area contributed by atoms with Gasteiger partial charge in [0.1, 0.15) is 0 Å². The van der Waals surface area contributed by atoms with Gasteiger partial charge in [0.15, 0.2) is 0 Å². The van der Waals surface area contributed by atoms with Crippen molar-refractivity contribution in [1.29, 1.82) is 0 Å². The van der Waals surface area contributed by atoms with E-state index in [1.165, 1.54) is 0 Å². The SMILES string of the molecule is CC(CC(F)(F)F)N1CCNC(c2ccccc2)C1. The van der Waals surface area contributed by atoms with E-state index in [1.807, 2.05) is 35.2 Å². The van der Waals surface area contributed by atoms with Crippen LogP contribution in [0.3, 0.4) is 0 Å². The maximum Gasteiger partial charge on any atom is 0.390 e. The highest BCUT2D eigenvalue weighted by Gasteiger charge is 2.34. The summed E-state index contributed by atoms with van der Waals surface area (Å²) in [4.78, 5) is 1.92. The second-order valence-electron chi connectivity index (χ2n) is 5.08. The Bertz CT molecular complexity index is 391. The van der Waals surface area contributed by atoms with E-state index in [0.29, 0.717) is 13.1 Å². The lowest BCUT2D eigenvalue weighted by Crippen LogP contribution is -2.50. The Morgan fingerprint density at radius 2 is 2.00 bits per heavy atom. The van der Waals surface area contributed by atoms with Crippen molar-refractivity contribution in [2.24, 2.45) is 0 Å². The Kier molecular flexibility index (Phi) is 4.47. The summed E-state index contributed by atoms with van der Waals surface area (Å²) in [5.74, 6) is 0. The highest BCUT2D eigenvalue weighted by molar-refractivity contribution is 5.19. The fourth-order valence-corrected chi connectivity index (χ4v) is 2.55. The first-order chi connectivity index (χ1) is 8.96. The van der Waals surface area contributed by atoms with Crippen molar-refractivity contribution in [2.75, 3.05) is 19.6 Å². The summed E-state index contributed by atoms with van der Waals surface area (Å²) in [5.41, 5.74) is 1.13. The van der Waals surface area contributed by atoms with E-state index >= 15 is 0 Å². The number of hydrogen-bond donors (Lipinski definition) is 1. The Labute approximate surface area is 111 Å². The topological polar surface area (TPSA) is 15.3 Å². The average molecular weight is 272 g/mol. The zero-order valence-corrected chi connectivity index (χ0v) is 11.0. The molecule has 1 aromatic carbocycles. The monoisotopic (exact) mass is 272 g/mol. The van der Waals surface area contributed by atoms with Gasteiger partial charge in [0.2, 0.25) is 0 Å². The first-order valence-corrected chi connectivity index (χ1v) is 6.55. The largest absolute Gasteiger partial charge is 0.390 e. The molecule has 1 fully saturated rings. The highest BCUT2D eigenvalue weighted by atomic mass is 19.4. The van der Waals surface area contributed by atoms with Crippen LogP contribution in [0.4, 0.5) is 13.2 Å². The van der Waals surface area contributed by atoms with E-state index in [9.17, 15) is 13.2 Å². The molecule has 1 aromatic rings. The Hall–Kier alpha value is -1.07. The van der Waals surface area contributed by atoms with Gasteiger partial charge in [-0.2, -0.15) is 13.2 Å². The molecular weight excluding hydrogens is 253 g/mol. The van der Waals surface area contributed by atoms with E-state index in [0.717, 1.165) is 12.1 Å². The van der Waals surface area contributed by atoms with Crippen LogP contribution in [0.15, 0.2) is 30.3 Å². The first kappa shape index (κ1) is 14.3. The van der Waals surface area contributed by atoms with Crippen molar-refractivity contribution in [3.05, 3.63) is 35.9 Å². The smallest absolute Gasteiger partial charge is 0.308 e. The van der Waals surface area contributed by atoms with Crippen LogP contribution in [0.25, 0.3) is 0 Å². The number of alkyl halides is 3. The molecule has 1 N–H and O–H groups in total. The number of halogens is 3. The molecule has 1 saturated heterocycles. The van der Waals surface area contributed by atoms with Crippen LogP contribution in [0.1, 0.15) is 24.9 Å². The van der Waals surface area contributed by atoms with Crippen LogP contribution in [0, 0.1) is 0 Å². The summed E-state index contributed by atoms with van der Waals surface area (Å²) in [7, 11) is 0. The summed E-state index contributed by atoms with van der Waals surface area (Å²) in [6.07, 6.45) is -4.83. The van der Waals surface area contributed by atoms with Gasteiger partial charge in [0.25, 0.3) is 0 Å². The van der Waals surface area contributed by atoms with E-state index in [-0.39, 0.29) is 6.04 Å². The number of benzene rings is 1. The minimum absolute atomic E-state index is 0.116. The Morgan fingerprint density at radius 3 is 2.63 bits per heavy atom. The van der Waals surface area contributed by atoms with E-state index in [4.69, 9.17) is 0 Å². The number of hydrogen-bond acceptors (Lipinski definition) is 2. The maximum absolute atomic E-state index is 12.4. The van der Waals surface area contributed by atoms with E-state index in [2.05, 4.69) is 5.32 Å². The molecule has 2 nitrogen and oxygen atoms in total. The summed E-state index contributed by atoms with van der Waals surface area (Å²) < 4.78 is 37.3. The zero-order valence-electron chi connectivity index (χ0n) is 11.0. The molecule has 0 saturated carbocycles. The predicted octanol–water partition coefficient (Wildman–Crippen LogP) is 2.97. The summed E-state index contributed by atoms with van der Waals surface area (Å²) in [6.45, 7) is 3.67. The maximum atomic E-state index is 12.4. The van der Waals surface area contributed by atoms with Gasteiger partial charge in [0, 0.05) is 31.7 Å². The number of nitrogens with zero attached hydrogens (tertiary/aromatic N) is 1. The van der Waals surface area contributed by atoms with Crippen molar-refractivity contribution in [2.45, 2.75) is 31.6 Å². The first-order valence-electron chi connectivity index (χ1n) is 6.55. The van der Waals surface area contributed by atoms with Crippen molar-refractivity contribution in [3.8, 4) is 0 Å². The van der Waals surface area contributed by atoms with Crippen LogP contribution in [0.2, 0.25) is 0 Å². The van der Waals surface area contributed by atoms with Crippen molar-refractivity contribution in [3.63, 3.8) is 0 Å². The summed E-state index contributed by atoms with van der Waals surface area (Å²) in [6, 6.07) is 9.52. The van der Waals surface area contributed by atoms with E-state index in [1.54, 1.807) is 6.92 Å². The van der Waals surface area contributed by atoms with Crippen LogP contribution in [-0.2, 0) is 0 Å². The second-order valence-corrected chi connectivity index (χ2v) is 5.08. The normalized spacial score (nSPS) is 23.3. The fourth-order valence-electron chi connectivity index (χ4n) is 2.55. The van der Waals surface area contributed by atoms with Crippen molar-refractivity contribution < 1.29 is 13.2 Å². The quantitative estimate of drug-likeness (QED) is 0.910. The van der Waals surface area contributed by atoms with Gasteiger partial charge < -0.3 is 5.32 Å². The molecule has 1 aliphatic rings. The van der Waals surface area contributed by atoms with Crippen molar-refractivity contribution >= 4 is 0 Å². The molecule has 106 valence electrons. The molecule has 0 aliphatic carbocycles.